The molecule has 0 bridgehead atoms. The van der Waals surface area contributed by atoms with Crippen molar-refractivity contribution in [3.63, 3.8) is 0 Å². The summed E-state index contributed by atoms with van der Waals surface area (Å²) in [6.07, 6.45) is 3.09. The Labute approximate surface area is 97.7 Å². The Morgan fingerprint density at radius 1 is 1.50 bits per heavy atom. The van der Waals surface area contributed by atoms with Gasteiger partial charge in [0.25, 0.3) is 0 Å². The van der Waals surface area contributed by atoms with Crippen molar-refractivity contribution in [1.82, 2.24) is 19.5 Å². The van der Waals surface area contributed by atoms with Crippen molar-refractivity contribution >= 4 is 34.2 Å². The van der Waals surface area contributed by atoms with Crippen LogP contribution < -0.4 is 11.5 Å². The second-order valence-corrected chi connectivity index (χ2v) is 4.10. The number of thiocarbonyl (C=S) groups is 1. The normalized spacial score (nSPS) is 12.8. The SMILES string of the molecule is CC(Cn1cnc2c(N)ncnc21)C(N)=S. The van der Waals surface area contributed by atoms with Crippen LogP contribution in [0.4, 0.5) is 5.82 Å². The van der Waals surface area contributed by atoms with Gasteiger partial charge in [-0.3, -0.25) is 0 Å². The van der Waals surface area contributed by atoms with Crippen LogP contribution >= 0.6 is 12.2 Å². The number of hydrogen-bond donors (Lipinski definition) is 2. The van der Waals surface area contributed by atoms with E-state index in [1.54, 1.807) is 6.33 Å². The van der Waals surface area contributed by atoms with Gasteiger partial charge < -0.3 is 16.0 Å². The smallest absolute Gasteiger partial charge is 0.165 e. The van der Waals surface area contributed by atoms with Crippen molar-refractivity contribution in [1.29, 1.82) is 0 Å². The van der Waals surface area contributed by atoms with Crippen molar-refractivity contribution in [2.24, 2.45) is 11.7 Å². The van der Waals surface area contributed by atoms with Crippen LogP contribution in [0.1, 0.15) is 6.92 Å². The molecule has 0 aliphatic rings. The van der Waals surface area contributed by atoms with Crippen LogP contribution in [0.5, 0.6) is 0 Å². The highest BCUT2D eigenvalue weighted by molar-refractivity contribution is 7.80. The molecule has 1 unspecified atom stereocenters. The lowest BCUT2D eigenvalue weighted by Crippen LogP contribution is -2.22. The Morgan fingerprint density at radius 2 is 2.25 bits per heavy atom. The maximum absolute atomic E-state index is 5.68. The predicted molar refractivity (Wildman–Crippen MR) is 65.7 cm³/mol. The van der Waals surface area contributed by atoms with Crippen LogP contribution in [-0.4, -0.2) is 24.5 Å². The lowest BCUT2D eigenvalue weighted by Gasteiger charge is -2.10. The average molecular weight is 236 g/mol. The van der Waals surface area contributed by atoms with E-state index in [0.717, 1.165) is 0 Å². The number of fused-ring (bicyclic) bond motifs is 1. The van der Waals surface area contributed by atoms with Gasteiger partial charge in [-0.15, -0.1) is 0 Å². The molecule has 0 aliphatic carbocycles. The van der Waals surface area contributed by atoms with Gasteiger partial charge in [-0.05, 0) is 0 Å². The van der Waals surface area contributed by atoms with E-state index in [-0.39, 0.29) is 5.92 Å². The highest BCUT2D eigenvalue weighted by atomic mass is 32.1. The van der Waals surface area contributed by atoms with Crippen LogP contribution in [0.3, 0.4) is 0 Å². The molecule has 7 heteroatoms. The number of aromatic nitrogens is 4. The quantitative estimate of drug-likeness (QED) is 0.746. The van der Waals surface area contributed by atoms with Crippen LogP contribution in [0.2, 0.25) is 0 Å². The van der Waals surface area contributed by atoms with Gasteiger partial charge in [0.15, 0.2) is 11.5 Å². The summed E-state index contributed by atoms with van der Waals surface area (Å²) in [6.45, 7) is 2.60. The molecule has 6 nitrogen and oxygen atoms in total. The fourth-order valence-electron chi connectivity index (χ4n) is 1.42. The second-order valence-electron chi connectivity index (χ2n) is 3.63. The molecule has 0 radical (unpaired) electrons. The molecule has 0 aliphatic heterocycles. The molecular weight excluding hydrogens is 224 g/mol. The number of nitrogen functional groups attached to an aromatic ring is 1. The molecule has 0 amide bonds. The zero-order chi connectivity index (χ0) is 11.7. The van der Waals surface area contributed by atoms with Gasteiger partial charge >= 0.3 is 0 Å². The number of anilines is 1. The molecule has 2 rings (SSSR count). The number of hydrogen-bond acceptors (Lipinski definition) is 5. The van der Waals surface area contributed by atoms with E-state index >= 15 is 0 Å². The van der Waals surface area contributed by atoms with Crippen molar-refractivity contribution in [3.8, 4) is 0 Å². The Hall–Kier alpha value is -1.76. The van der Waals surface area contributed by atoms with Crippen LogP contribution in [0.25, 0.3) is 11.2 Å². The van der Waals surface area contributed by atoms with Crippen LogP contribution in [-0.2, 0) is 6.54 Å². The highest BCUT2D eigenvalue weighted by Gasteiger charge is 2.11. The van der Waals surface area contributed by atoms with Gasteiger partial charge in [0, 0.05) is 12.5 Å². The summed E-state index contributed by atoms with van der Waals surface area (Å²) >= 11 is 4.93. The van der Waals surface area contributed by atoms with Crippen molar-refractivity contribution in [3.05, 3.63) is 12.7 Å². The summed E-state index contributed by atoms with van der Waals surface area (Å²) in [4.78, 5) is 12.7. The van der Waals surface area contributed by atoms with Gasteiger partial charge in [0.2, 0.25) is 0 Å². The minimum atomic E-state index is 0.0867. The molecule has 0 aromatic carbocycles. The van der Waals surface area contributed by atoms with E-state index < -0.39 is 0 Å². The summed E-state index contributed by atoms with van der Waals surface area (Å²) in [6, 6.07) is 0. The molecule has 84 valence electrons. The summed E-state index contributed by atoms with van der Waals surface area (Å²) < 4.78 is 1.87. The molecule has 4 N–H and O–H groups in total. The van der Waals surface area contributed by atoms with Gasteiger partial charge in [0.1, 0.15) is 11.8 Å². The summed E-state index contributed by atoms with van der Waals surface area (Å²) in [5, 5.41) is 0. The lowest BCUT2D eigenvalue weighted by molar-refractivity contribution is 0.608. The predicted octanol–water partition coefficient (Wildman–Crippen LogP) is 0.331. The van der Waals surface area contributed by atoms with E-state index in [1.807, 2.05) is 11.5 Å². The van der Waals surface area contributed by atoms with Crippen molar-refractivity contribution < 1.29 is 0 Å². The fourth-order valence-corrected chi connectivity index (χ4v) is 1.49. The molecule has 2 aromatic rings. The van der Waals surface area contributed by atoms with E-state index in [4.69, 9.17) is 23.7 Å². The standard InChI is InChI=1S/C9H12N6S/c1-5(8(11)16)2-15-4-14-6-7(10)12-3-13-9(6)15/h3-5H,2H2,1H3,(H2,11,16)(H2,10,12,13). The molecule has 1 atom stereocenters. The first-order valence-corrected chi connectivity index (χ1v) is 5.21. The Balaban J connectivity index is 2.39. The molecule has 2 aromatic heterocycles. The second kappa shape index (κ2) is 4.01. The van der Waals surface area contributed by atoms with E-state index in [0.29, 0.717) is 28.5 Å². The topological polar surface area (TPSA) is 95.6 Å². The third kappa shape index (κ3) is 1.81. The minimum absolute atomic E-state index is 0.0867. The van der Waals surface area contributed by atoms with E-state index in [2.05, 4.69) is 15.0 Å². The molecule has 0 fully saturated rings. The summed E-state index contributed by atoms with van der Waals surface area (Å²) in [7, 11) is 0. The highest BCUT2D eigenvalue weighted by Crippen LogP contribution is 2.15. The minimum Gasteiger partial charge on any atom is -0.393 e. The fraction of sp³-hybridized carbons (Fsp3) is 0.333. The average Bonchev–Trinajstić information content (AvgIpc) is 2.63. The van der Waals surface area contributed by atoms with E-state index in [1.165, 1.54) is 6.33 Å². The van der Waals surface area contributed by atoms with E-state index in [9.17, 15) is 0 Å². The Bertz CT molecular complexity index is 534. The molecular formula is C9H12N6S. The summed E-state index contributed by atoms with van der Waals surface area (Å²) in [5.74, 6) is 0.468. The lowest BCUT2D eigenvalue weighted by atomic mass is 10.2. The maximum atomic E-state index is 5.68. The number of rotatable bonds is 3. The van der Waals surface area contributed by atoms with Gasteiger partial charge in [0.05, 0.1) is 11.3 Å². The zero-order valence-corrected chi connectivity index (χ0v) is 9.61. The van der Waals surface area contributed by atoms with Crippen molar-refractivity contribution in [2.75, 3.05) is 5.73 Å². The first kappa shape index (κ1) is 10.7. The number of nitrogens with two attached hydrogens (primary N) is 2. The Morgan fingerprint density at radius 3 is 2.94 bits per heavy atom. The zero-order valence-electron chi connectivity index (χ0n) is 8.79. The third-order valence-electron chi connectivity index (χ3n) is 2.39. The maximum Gasteiger partial charge on any atom is 0.165 e. The summed E-state index contributed by atoms with van der Waals surface area (Å²) in [5.41, 5.74) is 12.6. The first-order chi connectivity index (χ1) is 7.59. The largest absolute Gasteiger partial charge is 0.393 e. The molecule has 0 saturated heterocycles. The molecule has 2 heterocycles. The molecule has 0 spiro atoms. The molecule has 0 saturated carbocycles. The monoisotopic (exact) mass is 236 g/mol. The van der Waals surface area contributed by atoms with Crippen LogP contribution in [0, 0.1) is 5.92 Å². The Kier molecular flexibility index (Phi) is 2.69. The van der Waals surface area contributed by atoms with Crippen LogP contribution in [0.15, 0.2) is 12.7 Å². The van der Waals surface area contributed by atoms with Crippen molar-refractivity contribution in [2.45, 2.75) is 13.5 Å². The molecule has 16 heavy (non-hydrogen) atoms. The number of imidazole rings is 1. The van der Waals surface area contributed by atoms with Gasteiger partial charge in [-0.1, -0.05) is 19.1 Å². The van der Waals surface area contributed by atoms with Gasteiger partial charge in [-0.25, -0.2) is 15.0 Å². The number of nitrogens with zero attached hydrogens (tertiary/aromatic N) is 4. The first-order valence-electron chi connectivity index (χ1n) is 4.80. The third-order valence-corrected chi connectivity index (χ3v) is 2.79. The van der Waals surface area contributed by atoms with Gasteiger partial charge in [-0.2, -0.15) is 0 Å².